The molecule has 0 aromatic carbocycles. The van der Waals surface area contributed by atoms with E-state index >= 15 is 0 Å². The molecule has 0 unspecified atom stereocenters. The largest absolute Gasteiger partial charge is 0.317 e. The van der Waals surface area contributed by atoms with Gasteiger partial charge in [0.25, 0.3) is 0 Å². The van der Waals surface area contributed by atoms with E-state index in [0.717, 1.165) is 52.1 Å². The number of unbranched alkanes of at least 4 members (excludes halogenated alkanes) is 2. The third-order valence-electron chi connectivity index (χ3n) is 6.21. The minimum absolute atomic E-state index is 0. The molecule has 35 heavy (non-hydrogen) atoms. The van der Waals surface area contributed by atoms with E-state index in [2.05, 4.69) is 19.5 Å². The van der Waals surface area contributed by atoms with Gasteiger partial charge in [-0.2, -0.15) is 0 Å². The first-order chi connectivity index (χ1) is 16.3. The molecule has 0 N–H and O–H groups in total. The van der Waals surface area contributed by atoms with Gasteiger partial charge in [0.1, 0.15) is 19.7 Å². The molecule has 11 heteroatoms. The topological polar surface area (TPSA) is 83.5 Å². The maximum atomic E-state index is 11.7. The second-order valence-corrected chi connectivity index (χ2v) is 13.9. The zero-order valence-electron chi connectivity index (χ0n) is 21.2. The highest BCUT2D eigenvalue weighted by molar-refractivity contribution is 7.91. The van der Waals surface area contributed by atoms with E-state index in [1.165, 1.54) is 25.7 Å². The van der Waals surface area contributed by atoms with Crippen LogP contribution in [0.25, 0.3) is 9.69 Å². The van der Waals surface area contributed by atoms with Crippen molar-refractivity contribution in [3.8, 4) is 0 Å². The zero-order valence-corrected chi connectivity index (χ0v) is 23.7. The molecule has 0 atom stereocenters. The monoisotopic (exact) mass is 552 g/mol. The number of halogens is 1. The molecule has 2 heterocycles. The predicted octanol–water partition coefficient (Wildman–Crippen LogP) is 3.59. The molecule has 2 aliphatic rings. The number of rotatable bonds is 16. The molecule has 204 valence electrons. The summed E-state index contributed by atoms with van der Waals surface area (Å²) < 4.78 is 46.7. The van der Waals surface area contributed by atoms with Crippen molar-refractivity contribution in [2.75, 3.05) is 75.4 Å². The summed E-state index contributed by atoms with van der Waals surface area (Å²) in [7, 11) is -5.77. The Bertz CT molecular complexity index is 757. The van der Waals surface area contributed by atoms with E-state index in [4.69, 9.17) is 13.1 Å². The fraction of sp³-hybridized carbons (Fsp3) is 0.917. The summed E-state index contributed by atoms with van der Waals surface area (Å²) in [5.41, 5.74) is 0. The van der Waals surface area contributed by atoms with Crippen LogP contribution in [0.5, 0.6) is 0 Å². The molecule has 0 aromatic rings. The van der Waals surface area contributed by atoms with Crippen LogP contribution in [-0.4, -0.2) is 102 Å². The Hall–Kier alpha value is -0.910. The van der Waals surface area contributed by atoms with Gasteiger partial charge in [-0.3, -0.25) is 0 Å². The lowest BCUT2D eigenvalue weighted by Gasteiger charge is -2.13. The van der Waals surface area contributed by atoms with E-state index < -0.39 is 19.7 Å². The highest BCUT2D eigenvalue weighted by Crippen LogP contribution is 2.09. The first-order valence-corrected chi connectivity index (χ1v) is 16.4. The zero-order chi connectivity index (χ0) is 25.1. The van der Waals surface area contributed by atoms with Crippen LogP contribution in [0, 0.1) is 13.1 Å². The molecule has 0 aliphatic carbocycles. The molecular weight excluding hydrogens is 508 g/mol. The summed E-state index contributed by atoms with van der Waals surface area (Å²) in [5, 5.41) is 0. The minimum atomic E-state index is -2.88. The Balaban J connectivity index is 0.000000642. The van der Waals surface area contributed by atoms with Crippen molar-refractivity contribution in [2.24, 2.45) is 0 Å². The summed E-state index contributed by atoms with van der Waals surface area (Å²) >= 11 is 0. The van der Waals surface area contributed by atoms with Crippen molar-refractivity contribution in [2.45, 2.75) is 64.2 Å². The molecule has 2 aliphatic heterocycles. The standard InChI is InChI=1S/2C12H22N2O2S.ClH/c2*1-13-7-2-5-11-17(15,16)12-6-10-14-8-3-4-9-14;/h2*2-12H2;1H. The number of likely N-dealkylation sites (tertiary alicyclic amines) is 2. The smallest absolute Gasteiger partial charge is 0.214 e. The quantitative estimate of drug-likeness (QED) is 0.215. The summed E-state index contributed by atoms with van der Waals surface area (Å²) in [4.78, 5) is 11.1. The molecule has 0 amide bonds. The van der Waals surface area contributed by atoms with E-state index in [1.807, 2.05) is 0 Å². The highest BCUT2D eigenvalue weighted by atomic mass is 35.5. The average molecular weight is 553 g/mol. The maximum Gasteiger partial charge on any atom is 0.214 e. The second-order valence-electron chi connectivity index (χ2n) is 9.29. The second kappa shape index (κ2) is 20.2. The predicted molar refractivity (Wildman–Crippen MR) is 147 cm³/mol. The molecule has 0 bridgehead atoms. The Morgan fingerprint density at radius 3 is 1.17 bits per heavy atom. The van der Waals surface area contributed by atoms with Crippen LogP contribution in [0.1, 0.15) is 64.2 Å². The van der Waals surface area contributed by atoms with Crippen molar-refractivity contribution in [1.82, 2.24) is 9.80 Å². The lowest BCUT2D eigenvalue weighted by molar-refractivity contribution is 0.340. The molecule has 2 fully saturated rings. The molecule has 0 spiro atoms. The molecule has 8 nitrogen and oxygen atoms in total. The van der Waals surface area contributed by atoms with Gasteiger partial charge < -0.3 is 19.5 Å². The Morgan fingerprint density at radius 2 is 0.857 bits per heavy atom. The van der Waals surface area contributed by atoms with E-state index in [9.17, 15) is 16.8 Å². The number of sulfone groups is 2. The van der Waals surface area contributed by atoms with Gasteiger partial charge in [0.15, 0.2) is 0 Å². The summed E-state index contributed by atoms with van der Waals surface area (Å²) in [6.07, 6.45) is 9.20. The van der Waals surface area contributed by atoms with Gasteiger partial charge in [-0.15, -0.1) is 12.4 Å². The van der Waals surface area contributed by atoms with Crippen LogP contribution < -0.4 is 0 Å². The number of nitrogens with zero attached hydrogens (tertiary/aromatic N) is 4. The van der Waals surface area contributed by atoms with Crippen molar-refractivity contribution in [3.63, 3.8) is 0 Å². The minimum Gasteiger partial charge on any atom is -0.317 e. The number of hydrogen-bond acceptors (Lipinski definition) is 6. The van der Waals surface area contributed by atoms with Crippen LogP contribution in [0.15, 0.2) is 0 Å². The van der Waals surface area contributed by atoms with Gasteiger partial charge in [-0.25, -0.2) is 30.0 Å². The van der Waals surface area contributed by atoms with Gasteiger partial charge in [0.05, 0.1) is 23.0 Å². The van der Waals surface area contributed by atoms with Crippen LogP contribution in [0.2, 0.25) is 0 Å². The van der Waals surface area contributed by atoms with Crippen LogP contribution in [0.3, 0.4) is 0 Å². The highest BCUT2D eigenvalue weighted by Gasteiger charge is 2.15. The van der Waals surface area contributed by atoms with E-state index in [0.29, 0.717) is 50.3 Å². The first-order valence-electron chi connectivity index (χ1n) is 12.8. The molecule has 0 saturated carbocycles. The van der Waals surface area contributed by atoms with Crippen LogP contribution in [0.4, 0.5) is 0 Å². The summed E-state index contributed by atoms with van der Waals surface area (Å²) in [6, 6.07) is 0. The van der Waals surface area contributed by atoms with E-state index in [1.54, 1.807) is 0 Å². The number of hydrogen-bond donors (Lipinski definition) is 0. The van der Waals surface area contributed by atoms with Crippen molar-refractivity contribution < 1.29 is 16.8 Å². The Kier molecular flexibility index (Phi) is 19.7. The first kappa shape index (κ1) is 34.1. The SMILES string of the molecule is Cl.[C-]#[N+]CCCCS(=O)(=O)CCCN1CCCC1.[C-]#[N+]CCCCS(=O)(=O)CCCN1CCCC1. The molecule has 0 radical (unpaired) electrons. The Labute approximate surface area is 220 Å². The van der Waals surface area contributed by atoms with Gasteiger partial charge in [-0.1, -0.05) is 0 Å². The summed E-state index contributed by atoms with van der Waals surface area (Å²) in [6.45, 7) is 20.5. The third-order valence-corrected chi connectivity index (χ3v) is 9.85. The fourth-order valence-corrected chi connectivity index (χ4v) is 7.09. The van der Waals surface area contributed by atoms with Gasteiger partial charge in [0.2, 0.25) is 13.1 Å². The average Bonchev–Trinajstić information content (AvgIpc) is 3.49. The van der Waals surface area contributed by atoms with Crippen molar-refractivity contribution in [1.29, 1.82) is 0 Å². The molecule has 2 saturated heterocycles. The third kappa shape index (κ3) is 18.9. The summed E-state index contributed by atoms with van der Waals surface area (Å²) in [5.74, 6) is 1.12. The van der Waals surface area contributed by atoms with Gasteiger partial charge in [-0.05, 0) is 90.6 Å². The van der Waals surface area contributed by atoms with Crippen molar-refractivity contribution >= 4 is 32.1 Å². The fourth-order valence-electron chi connectivity index (χ4n) is 4.26. The molecule has 2 rings (SSSR count). The molecule has 0 aromatic heterocycles. The molecular formula is C24H45ClN4O4S2. The van der Waals surface area contributed by atoms with Crippen LogP contribution in [-0.2, 0) is 19.7 Å². The van der Waals surface area contributed by atoms with Crippen molar-refractivity contribution in [3.05, 3.63) is 22.8 Å². The Morgan fingerprint density at radius 1 is 0.543 bits per heavy atom. The lowest BCUT2D eigenvalue weighted by atomic mass is 10.3. The normalized spacial score (nSPS) is 16.6. The van der Waals surface area contributed by atoms with Gasteiger partial charge in [0, 0.05) is 12.8 Å². The van der Waals surface area contributed by atoms with E-state index in [-0.39, 0.29) is 23.9 Å². The lowest BCUT2D eigenvalue weighted by Crippen LogP contribution is -2.23. The van der Waals surface area contributed by atoms with Gasteiger partial charge >= 0.3 is 0 Å². The van der Waals surface area contributed by atoms with Crippen LogP contribution >= 0.6 is 12.4 Å². The maximum absolute atomic E-state index is 11.7.